The monoisotopic (exact) mass is 597 g/mol. The Labute approximate surface area is 234 Å². The molecule has 2 fully saturated rings. The number of nitrogens with two attached hydrogens (primary N) is 1. The molecule has 0 bridgehead atoms. The van der Waals surface area contributed by atoms with E-state index in [1.54, 1.807) is 21.6 Å². The molecule has 0 aliphatic carbocycles. The molecule has 4 heterocycles. The SMILES string of the molecule is COc1nc(N)nc2c1ncn2[C@@H]1O[C@@H]2COP(=O)(OCCc3ccccc3SSC(C)(C)C)O[C@H]2[C@@]1(C)O. The lowest BCUT2D eigenvalue weighted by Crippen LogP contribution is -2.47. The van der Waals surface area contributed by atoms with Gasteiger partial charge in [-0.15, -0.1) is 0 Å². The molecule has 3 N–H and O–H groups in total. The number of methoxy groups -OCH3 is 1. The van der Waals surface area contributed by atoms with Gasteiger partial charge >= 0.3 is 7.82 Å². The van der Waals surface area contributed by atoms with Crippen LogP contribution in [0.3, 0.4) is 0 Å². The molecule has 2 saturated heterocycles. The second kappa shape index (κ2) is 10.8. The van der Waals surface area contributed by atoms with Crippen molar-refractivity contribution in [1.29, 1.82) is 0 Å². The Morgan fingerprint density at radius 1 is 1.31 bits per heavy atom. The van der Waals surface area contributed by atoms with Crippen molar-refractivity contribution < 1.29 is 32.7 Å². The molecule has 3 aromatic rings. The third-order valence-corrected chi connectivity index (χ3v) is 11.1. The number of imidazole rings is 1. The molecule has 1 unspecified atom stereocenters. The molecular weight excluding hydrogens is 565 g/mol. The quantitative estimate of drug-likeness (QED) is 0.279. The first-order valence-corrected chi connectivity index (χ1v) is 15.9. The Morgan fingerprint density at radius 3 is 2.82 bits per heavy atom. The number of aromatic nitrogens is 4. The fourth-order valence-corrected chi connectivity index (χ4v) is 8.12. The van der Waals surface area contributed by atoms with E-state index >= 15 is 0 Å². The minimum absolute atomic E-state index is 0.0226. The van der Waals surface area contributed by atoms with Gasteiger partial charge in [-0.05, 0) is 25.0 Å². The summed E-state index contributed by atoms with van der Waals surface area (Å²) in [5.41, 5.74) is 5.93. The smallest absolute Gasteiger partial charge is 0.475 e. The van der Waals surface area contributed by atoms with Gasteiger partial charge < -0.3 is 20.3 Å². The van der Waals surface area contributed by atoms with Crippen LogP contribution in [0.1, 0.15) is 39.5 Å². The van der Waals surface area contributed by atoms with E-state index in [0.717, 1.165) is 10.5 Å². The lowest BCUT2D eigenvalue weighted by atomic mass is 9.96. The minimum atomic E-state index is -3.97. The molecule has 5 atom stereocenters. The number of benzene rings is 1. The molecule has 2 aliphatic heterocycles. The van der Waals surface area contributed by atoms with Crippen LogP contribution in [-0.4, -0.2) is 67.5 Å². The van der Waals surface area contributed by atoms with Gasteiger partial charge in [-0.1, -0.05) is 60.6 Å². The van der Waals surface area contributed by atoms with Crippen LogP contribution in [-0.2, 0) is 29.3 Å². The standard InChI is InChI=1S/C24H32N5O7PS2/c1-23(2,3)39-38-16-9-7-6-8-14(16)10-11-33-37(31)34-12-15-18(36-37)24(4,30)21(35-15)29-13-26-17-19(29)27-22(25)28-20(17)32-5/h6-9,13,15,18,21,30H,10-12H2,1-5H3,(H2,25,27,28)/t15-,18-,21-,24-,37?/m1/s1. The minimum Gasteiger partial charge on any atom is -0.479 e. The molecule has 2 aromatic heterocycles. The molecule has 0 spiro atoms. The lowest BCUT2D eigenvalue weighted by Gasteiger charge is -2.35. The number of rotatable bonds is 8. The summed E-state index contributed by atoms with van der Waals surface area (Å²) in [6.07, 6.45) is -0.733. The van der Waals surface area contributed by atoms with Crippen molar-refractivity contribution in [3.8, 4) is 5.88 Å². The zero-order valence-electron chi connectivity index (χ0n) is 22.3. The van der Waals surface area contributed by atoms with Gasteiger partial charge in [-0.25, -0.2) is 9.55 Å². The maximum absolute atomic E-state index is 13.4. The highest BCUT2D eigenvalue weighted by atomic mass is 33.1. The van der Waals surface area contributed by atoms with Crippen molar-refractivity contribution in [2.75, 3.05) is 26.1 Å². The summed E-state index contributed by atoms with van der Waals surface area (Å²) in [6, 6.07) is 8.02. The fraction of sp³-hybridized carbons (Fsp3) is 0.542. The zero-order valence-corrected chi connectivity index (χ0v) is 24.8. The Morgan fingerprint density at radius 2 is 2.08 bits per heavy atom. The van der Waals surface area contributed by atoms with Crippen LogP contribution in [0.5, 0.6) is 5.88 Å². The molecule has 2 aliphatic rings. The van der Waals surface area contributed by atoms with Gasteiger partial charge in [0.2, 0.25) is 11.8 Å². The first-order chi connectivity index (χ1) is 18.4. The van der Waals surface area contributed by atoms with E-state index in [9.17, 15) is 9.67 Å². The van der Waals surface area contributed by atoms with Crippen molar-refractivity contribution in [3.05, 3.63) is 36.2 Å². The van der Waals surface area contributed by atoms with Crippen LogP contribution in [0.15, 0.2) is 35.5 Å². The van der Waals surface area contributed by atoms with Crippen LogP contribution >= 0.6 is 29.4 Å². The molecule has 15 heteroatoms. The number of hydrogen-bond acceptors (Lipinski definition) is 13. The third-order valence-electron chi connectivity index (χ3n) is 6.18. The predicted molar refractivity (Wildman–Crippen MR) is 149 cm³/mol. The first-order valence-electron chi connectivity index (χ1n) is 12.3. The summed E-state index contributed by atoms with van der Waals surface area (Å²) >= 11 is 0. The van der Waals surface area contributed by atoms with Crippen molar-refractivity contribution in [1.82, 2.24) is 19.5 Å². The van der Waals surface area contributed by atoms with Gasteiger partial charge in [0.15, 0.2) is 17.4 Å². The lowest BCUT2D eigenvalue weighted by molar-refractivity contribution is -0.0909. The molecular formula is C24H32N5O7PS2. The highest BCUT2D eigenvalue weighted by molar-refractivity contribution is 8.77. The number of hydrogen-bond donors (Lipinski definition) is 2. The summed E-state index contributed by atoms with van der Waals surface area (Å²) in [6.45, 7) is 8.04. The van der Waals surface area contributed by atoms with Crippen molar-refractivity contribution in [3.63, 3.8) is 0 Å². The normalized spacial score (nSPS) is 29.0. The van der Waals surface area contributed by atoms with Gasteiger partial charge in [0.05, 0.1) is 26.7 Å². The van der Waals surface area contributed by atoms with Gasteiger partial charge in [0.1, 0.15) is 17.8 Å². The maximum Gasteiger partial charge on any atom is 0.475 e. The van der Waals surface area contributed by atoms with E-state index in [1.807, 2.05) is 18.2 Å². The highest BCUT2D eigenvalue weighted by Crippen LogP contribution is 2.59. The summed E-state index contributed by atoms with van der Waals surface area (Å²) in [5.74, 6) is 0.173. The summed E-state index contributed by atoms with van der Waals surface area (Å²) < 4.78 is 43.4. The van der Waals surface area contributed by atoms with Crippen LogP contribution in [0.4, 0.5) is 5.95 Å². The van der Waals surface area contributed by atoms with Gasteiger partial charge in [0.25, 0.3) is 0 Å². The second-order valence-corrected chi connectivity index (χ2v) is 15.0. The van der Waals surface area contributed by atoms with Crippen LogP contribution in [0, 0.1) is 0 Å². The van der Waals surface area contributed by atoms with Crippen molar-refractivity contribution in [2.45, 2.75) is 67.8 Å². The van der Waals surface area contributed by atoms with E-state index < -0.39 is 31.9 Å². The van der Waals surface area contributed by atoms with E-state index in [0.29, 0.717) is 17.6 Å². The second-order valence-electron chi connectivity index (χ2n) is 10.4. The number of ether oxygens (including phenoxy) is 2. The Balaban J connectivity index is 1.28. The number of nitrogens with zero attached hydrogens (tertiary/aromatic N) is 4. The zero-order chi connectivity index (χ0) is 28.0. The average Bonchev–Trinajstić information content (AvgIpc) is 3.40. The van der Waals surface area contributed by atoms with Gasteiger partial charge in [-0.2, -0.15) is 9.97 Å². The van der Waals surface area contributed by atoms with Crippen molar-refractivity contribution >= 4 is 46.5 Å². The average molecular weight is 598 g/mol. The highest BCUT2D eigenvalue weighted by Gasteiger charge is 2.60. The van der Waals surface area contributed by atoms with Crippen LogP contribution in [0.25, 0.3) is 11.2 Å². The van der Waals surface area contributed by atoms with E-state index in [4.69, 9.17) is 28.8 Å². The topological polar surface area (TPSA) is 153 Å². The van der Waals surface area contributed by atoms with Gasteiger partial charge in [0, 0.05) is 9.64 Å². The number of phosphoric acid groups is 1. The molecule has 39 heavy (non-hydrogen) atoms. The van der Waals surface area contributed by atoms with E-state index in [-0.39, 0.29) is 29.8 Å². The van der Waals surface area contributed by atoms with Crippen LogP contribution in [0.2, 0.25) is 0 Å². The molecule has 212 valence electrons. The Kier molecular flexibility index (Phi) is 7.94. The Hall–Kier alpha value is -1.90. The molecule has 12 nitrogen and oxygen atoms in total. The van der Waals surface area contributed by atoms with E-state index in [2.05, 4.69) is 41.8 Å². The largest absolute Gasteiger partial charge is 0.479 e. The molecule has 5 rings (SSSR count). The van der Waals surface area contributed by atoms with E-state index in [1.165, 1.54) is 24.9 Å². The molecule has 0 saturated carbocycles. The fourth-order valence-electron chi connectivity index (χ4n) is 4.39. The van der Waals surface area contributed by atoms with Crippen molar-refractivity contribution in [2.24, 2.45) is 0 Å². The summed E-state index contributed by atoms with van der Waals surface area (Å²) in [7, 11) is 0.952. The number of phosphoric ester groups is 1. The first kappa shape index (κ1) is 28.6. The molecule has 0 radical (unpaired) electrons. The predicted octanol–water partition coefficient (Wildman–Crippen LogP) is 4.39. The number of nitrogen functional groups attached to an aromatic ring is 1. The summed E-state index contributed by atoms with van der Waals surface area (Å²) in [4.78, 5) is 13.7. The summed E-state index contributed by atoms with van der Waals surface area (Å²) in [5, 5.41) is 11.5. The third kappa shape index (κ3) is 5.94. The number of aliphatic hydroxyl groups is 1. The number of fused-ring (bicyclic) bond motifs is 2. The maximum atomic E-state index is 13.4. The molecule has 1 aromatic carbocycles. The number of anilines is 1. The van der Waals surface area contributed by atoms with Crippen LogP contribution < -0.4 is 10.5 Å². The van der Waals surface area contributed by atoms with Gasteiger partial charge in [-0.3, -0.25) is 18.1 Å². The molecule has 0 amide bonds. The Bertz CT molecular complexity index is 1400.